The lowest BCUT2D eigenvalue weighted by Gasteiger charge is -2.25. The highest BCUT2D eigenvalue weighted by molar-refractivity contribution is 5.79. The fourth-order valence-corrected chi connectivity index (χ4v) is 1.91. The molecule has 0 N–H and O–H groups in total. The molecular formula is C11H16N2O2. The zero-order valence-corrected chi connectivity index (χ0v) is 9.25. The molecule has 4 nitrogen and oxygen atoms in total. The minimum atomic E-state index is 0.380. The van der Waals surface area contributed by atoms with Crippen LogP contribution in [-0.4, -0.2) is 28.9 Å². The van der Waals surface area contributed by atoms with Gasteiger partial charge in [-0.3, -0.25) is 9.69 Å². The van der Waals surface area contributed by atoms with Crippen molar-refractivity contribution in [1.82, 2.24) is 10.1 Å². The number of aryl methyl sites for hydroxylation is 2. The zero-order chi connectivity index (χ0) is 10.8. The predicted molar refractivity (Wildman–Crippen MR) is 55.5 cm³/mol. The maximum atomic E-state index is 11.1. The Bertz CT molecular complexity index is 341. The Morgan fingerprint density at radius 1 is 1.33 bits per heavy atom. The summed E-state index contributed by atoms with van der Waals surface area (Å²) in [7, 11) is 0. The molecule has 1 aromatic heterocycles. The number of Topliss-reactive ketones (excluding diaryl/α,β-unsaturated/α-hetero) is 1. The molecule has 0 radical (unpaired) electrons. The van der Waals surface area contributed by atoms with E-state index < -0.39 is 0 Å². The lowest BCUT2D eigenvalue weighted by molar-refractivity contribution is -0.121. The number of likely N-dealkylation sites (tertiary alicyclic amines) is 1. The maximum absolute atomic E-state index is 11.1. The van der Waals surface area contributed by atoms with Gasteiger partial charge in [-0.1, -0.05) is 5.16 Å². The molecule has 0 aromatic carbocycles. The third kappa shape index (κ3) is 2.26. The van der Waals surface area contributed by atoms with Crippen molar-refractivity contribution in [1.29, 1.82) is 0 Å². The molecule has 15 heavy (non-hydrogen) atoms. The van der Waals surface area contributed by atoms with E-state index in [1.54, 1.807) is 0 Å². The zero-order valence-electron chi connectivity index (χ0n) is 9.25. The summed E-state index contributed by atoms with van der Waals surface area (Å²) >= 11 is 0. The number of hydrogen-bond acceptors (Lipinski definition) is 4. The SMILES string of the molecule is Cc1noc(C)c1CN1CCC(=O)CC1. The molecule has 0 spiro atoms. The highest BCUT2D eigenvalue weighted by atomic mass is 16.5. The second-order valence-electron chi connectivity index (χ2n) is 4.12. The lowest BCUT2D eigenvalue weighted by atomic mass is 10.1. The number of carbonyl (C=O) groups is 1. The number of piperidine rings is 1. The molecule has 82 valence electrons. The van der Waals surface area contributed by atoms with Crippen LogP contribution < -0.4 is 0 Å². The van der Waals surface area contributed by atoms with Gasteiger partial charge in [0, 0.05) is 38.0 Å². The topological polar surface area (TPSA) is 46.3 Å². The highest BCUT2D eigenvalue weighted by Crippen LogP contribution is 2.17. The molecule has 1 aromatic rings. The molecule has 1 fully saturated rings. The molecule has 0 bridgehead atoms. The van der Waals surface area contributed by atoms with Gasteiger partial charge in [0.05, 0.1) is 5.69 Å². The first-order chi connectivity index (χ1) is 7.16. The number of hydrogen-bond donors (Lipinski definition) is 0. The summed E-state index contributed by atoms with van der Waals surface area (Å²) in [6.45, 7) is 6.48. The molecule has 1 saturated heterocycles. The first-order valence-electron chi connectivity index (χ1n) is 5.32. The van der Waals surface area contributed by atoms with Crippen LogP contribution in [0.25, 0.3) is 0 Å². The van der Waals surface area contributed by atoms with Crippen LogP contribution in [0.15, 0.2) is 4.52 Å². The molecular weight excluding hydrogens is 192 g/mol. The van der Waals surface area contributed by atoms with Crippen LogP contribution >= 0.6 is 0 Å². The molecule has 0 amide bonds. The van der Waals surface area contributed by atoms with Crippen molar-refractivity contribution in [3.8, 4) is 0 Å². The molecule has 0 unspecified atom stereocenters. The van der Waals surface area contributed by atoms with Crippen molar-refractivity contribution < 1.29 is 9.32 Å². The summed E-state index contributed by atoms with van der Waals surface area (Å²) < 4.78 is 5.11. The van der Waals surface area contributed by atoms with Gasteiger partial charge >= 0.3 is 0 Å². The predicted octanol–water partition coefficient (Wildman–Crippen LogP) is 1.46. The van der Waals surface area contributed by atoms with Crippen LogP contribution in [0.4, 0.5) is 0 Å². The van der Waals surface area contributed by atoms with Gasteiger partial charge in [0.2, 0.25) is 0 Å². The Balaban J connectivity index is 2.00. The first-order valence-corrected chi connectivity index (χ1v) is 5.32. The second-order valence-corrected chi connectivity index (χ2v) is 4.12. The summed E-state index contributed by atoms with van der Waals surface area (Å²) in [5, 5.41) is 3.93. The molecule has 2 rings (SSSR count). The molecule has 1 aliphatic rings. The Morgan fingerprint density at radius 2 is 2.00 bits per heavy atom. The minimum Gasteiger partial charge on any atom is -0.361 e. The van der Waals surface area contributed by atoms with Gasteiger partial charge in [-0.15, -0.1) is 0 Å². The van der Waals surface area contributed by atoms with E-state index in [1.807, 2.05) is 13.8 Å². The van der Waals surface area contributed by atoms with E-state index >= 15 is 0 Å². The fraction of sp³-hybridized carbons (Fsp3) is 0.636. The molecule has 4 heteroatoms. The Labute approximate surface area is 89.2 Å². The normalized spacial score (nSPS) is 18.4. The van der Waals surface area contributed by atoms with Gasteiger partial charge in [0.15, 0.2) is 0 Å². The fourth-order valence-electron chi connectivity index (χ4n) is 1.91. The van der Waals surface area contributed by atoms with Crippen molar-refractivity contribution in [2.45, 2.75) is 33.2 Å². The number of carbonyl (C=O) groups excluding carboxylic acids is 1. The third-order valence-electron chi connectivity index (χ3n) is 2.98. The molecule has 0 atom stereocenters. The van der Waals surface area contributed by atoms with Crippen LogP contribution in [0.1, 0.15) is 29.9 Å². The summed E-state index contributed by atoms with van der Waals surface area (Å²) in [5.41, 5.74) is 2.13. The molecule has 0 aliphatic carbocycles. The Morgan fingerprint density at radius 3 is 2.53 bits per heavy atom. The van der Waals surface area contributed by atoms with Crippen molar-refractivity contribution in [2.24, 2.45) is 0 Å². The van der Waals surface area contributed by atoms with Gasteiger partial charge < -0.3 is 4.52 Å². The van der Waals surface area contributed by atoms with E-state index in [-0.39, 0.29) is 0 Å². The highest BCUT2D eigenvalue weighted by Gasteiger charge is 2.19. The lowest BCUT2D eigenvalue weighted by Crippen LogP contribution is -2.33. The molecule has 2 heterocycles. The Hall–Kier alpha value is -1.16. The molecule has 1 aliphatic heterocycles. The summed E-state index contributed by atoms with van der Waals surface area (Å²) in [4.78, 5) is 13.4. The third-order valence-corrected chi connectivity index (χ3v) is 2.98. The van der Waals surface area contributed by atoms with Crippen molar-refractivity contribution in [3.63, 3.8) is 0 Å². The second kappa shape index (κ2) is 4.14. The van der Waals surface area contributed by atoms with Crippen LogP contribution in [0.2, 0.25) is 0 Å². The van der Waals surface area contributed by atoms with E-state index in [2.05, 4.69) is 10.1 Å². The summed E-state index contributed by atoms with van der Waals surface area (Å²) in [5.74, 6) is 1.27. The van der Waals surface area contributed by atoms with Crippen molar-refractivity contribution in [3.05, 3.63) is 17.0 Å². The van der Waals surface area contributed by atoms with Gasteiger partial charge in [0.1, 0.15) is 11.5 Å². The van der Waals surface area contributed by atoms with Crippen LogP contribution in [0, 0.1) is 13.8 Å². The number of aromatic nitrogens is 1. The van der Waals surface area contributed by atoms with Gasteiger partial charge in [-0.05, 0) is 13.8 Å². The average Bonchev–Trinajstić information content (AvgIpc) is 2.53. The van der Waals surface area contributed by atoms with E-state index in [1.165, 1.54) is 5.56 Å². The van der Waals surface area contributed by atoms with Gasteiger partial charge in [-0.25, -0.2) is 0 Å². The maximum Gasteiger partial charge on any atom is 0.138 e. The number of rotatable bonds is 2. The Kier molecular flexibility index (Phi) is 2.86. The van der Waals surface area contributed by atoms with E-state index in [4.69, 9.17) is 4.52 Å². The quantitative estimate of drug-likeness (QED) is 0.738. The monoisotopic (exact) mass is 208 g/mol. The largest absolute Gasteiger partial charge is 0.361 e. The van der Waals surface area contributed by atoms with Crippen LogP contribution in [-0.2, 0) is 11.3 Å². The minimum absolute atomic E-state index is 0.380. The number of ketones is 1. The van der Waals surface area contributed by atoms with E-state index in [9.17, 15) is 4.79 Å². The standard InChI is InChI=1S/C11H16N2O2/c1-8-11(9(2)15-12-8)7-13-5-3-10(14)4-6-13/h3-7H2,1-2H3. The number of nitrogens with zero attached hydrogens (tertiary/aromatic N) is 2. The average molecular weight is 208 g/mol. The van der Waals surface area contributed by atoms with Crippen LogP contribution in [0.5, 0.6) is 0 Å². The smallest absolute Gasteiger partial charge is 0.138 e. The van der Waals surface area contributed by atoms with Crippen LogP contribution in [0.3, 0.4) is 0 Å². The van der Waals surface area contributed by atoms with Crippen molar-refractivity contribution in [2.75, 3.05) is 13.1 Å². The van der Waals surface area contributed by atoms with E-state index in [0.717, 1.165) is 31.1 Å². The van der Waals surface area contributed by atoms with Gasteiger partial charge in [-0.2, -0.15) is 0 Å². The van der Waals surface area contributed by atoms with Gasteiger partial charge in [0.25, 0.3) is 0 Å². The first kappa shape index (κ1) is 10.4. The van der Waals surface area contributed by atoms with Crippen molar-refractivity contribution >= 4 is 5.78 Å². The summed E-state index contributed by atoms with van der Waals surface area (Å²) in [6, 6.07) is 0. The summed E-state index contributed by atoms with van der Waals surface area (Å²) in [6.07, 6.45) is 1.37. The van der Waals surface area contributed by atoms with E-state index in [0.29, 0.717) is 18.6 Å². The molecule has 0 saturated carbocycles.